The molecular formula is C12H20N2O2S. The molecule has 1 saturated heterocycles. The molecule has 0 spiro atoms. The summed E-state index contributed by atoms with van der Waals surface area (Å²) in [5.74, 6) is 3.42. The van der Waals surface area contributed by atoms with Gasteiger partial charge in [0.15, 0.2) is 0 Å². The average molecular weight is 256 g/mol. The highest BCUT2D eigenvalue weighted by atomic mass is 32.2. The van der Waals surface area contributed by atoms with Crippen LogP contribution in [0.2, 0.25) is 0 Å². The monoisotopic (exact) mass is 256 g/mol. The second-order valence-corrected chi connectivity index (χ2v) is 5.70. The molecule has 1 aliphatic heterocycles. The molecule has 4 nitrogen and oxygen atoms in total. The van der Waals surface area contributed by atoms with Crippen LogP contribution in [0.3, 0.4) is 0 Å². The molecule has 1 aliphatic rings. The number of carbonyl (C=O) groups is 1. The van der Waals surface area contributed by atoms with Gasteiger partial charge in [-0.05, 0) is 18.6 Å². The zero-order valence-electron chi connectivity index (χ0n) is 10.3. The van der Waals surface area contributed by atoms with Crippen molar-refractivity contribution in [3.05, 3.63) is 0 Å². The van der Waals surface area contributed by atoms with Crippen molar-refractivity contribution in [2.45, 2.75) is 24.5 Å². The van der Waals surface area contributed by atoms with Gasteiger partial charge in [0.1, 0.15) is 0 Å². The van der Waals surface area contributed by atoms with Crippen LogP contribution < -0.4 is 10.6 Å². The van der Waals surface area contributed by atoms with Crippen molar-refractivity contribution in [1.82, 2.24) is 10.6 Å². The lowest BCUT2D eigenvalue weighted by atomic mass is 9.99. The van der Waals surface area contributed by atoms with Crippen LogP contribution in [-0.2, 0) is 4.74 Å². The molecule has 96 valence electrons. The third-order valence-electron chi connectivity index (χ3n) is 2.78. The van der Waals surface area contributed by atoms with Gasteiger partial charge in [0, 0.05) is 24.5 Å². The number of carbonyl (C=O) groups excluding carboxylic acids is 1. The molecule has 0 aromatic carbocycles. The molecule has 0 aliphatic carbocycles. The molecule has 17 heavy (non-hydrogen) atoms. The molecule has 1 heterocycles. The summed E-state index contributed by atoms with van der Waals surface area (Å²) < 4.78 is 5.50. The van der Waals surface area contributed by atoms with Gasteiger partial charge in [0.2, 0.25) is 0 Å². The number of rotatable bonds is 5. The molecule has 0 unspecified atom stereocenters. The Hall–Kier alpha value is -0.860. The van der Waals surface area contributed by atoms with Crippen LogP contribution >= 0.6 is 11.8 Å². The second-order valence-electron chi connectivity index (χ2n) is 3.97. The van der Waals surface area contributed by atoms with Gasteiger partial charge < -0.3 is 15.4 Å². The van der Waals surface area contributed by atoms with Gasteiger partial charge in [0.25, 0.3) is 0 Å². The van der Waals surface area contributed by atoms with E-state index in [1.807, 2.05) is 11.8 Å². The normalized spacial score (nSPS) is 18.1. The molecule has 0 saturated carbocycles. The van der Waals surface area contributed by atoms with Crippen molar-refractivity contribution in [3.8, 4) is 12.3 Å². The minimum atomic E-state index is -0.189. The summed E-state index contributed by atoms with van der Waals surface area (Å²) in [6.07, 6.45) is 7.05. The molecule has 2 N–H and O–H groups in total. The van der Waals surface area contributed by atoms with E-state index in [9.17, 15) is 4.79 Å². The van der Waals surface area contributed by atoms with Crippen molar-refractivity contribution in [3.63, 3.8) is 0 Å². The van der Waals surface area contributed by atoms with Gasteiger partial charge in [-0.15, -0.1) is 6.42 Å². The third-order valence-corrected chi connectivity index (χ3v) is 4.23. The van der Waals surface area contributed by atoms with E-state index in [2.05, 4.69) is 23.5 Å². The maximum atomic E-state index is 11.4. The maximum absolute atomic E-state index is 11.4. The van der Waals surface area contributed by atoms with Crippen LogP contribution in [0, 0.1) is 12.3 Å². The lowest BCUT2D eigenvalue weighted by Gasteiger charge is -2.36. The summed E-state index contributed by atoms with van der Waals surface area (Å²) >= 11 is 1.90. The summed E-state index contributed by atoms with van der Waals surface area (Å²) in [5, 5.41) is 5.50. The maximum Gasteiger partial charge on any atom is 0.315 e. The SMILES string of the molecule is C#CCNC(=O)NCC1(SCC)CCOCC1. The Morgan fingerprint density at radius 1 is 1.47 bits per heavy atom. The van der Waals surface area contributed by atoms with Crippen molar-refractivity contribution in [2.75, 3.05) is 32.1 Å². The van der Waals surface area contributed by atoms with E-state index in [0.717, 1.165) is 31.8 Å². The Kier molecular flexibility index (Phi) is 6.23. The van der Waals surface area contributed by atoms with Crippen molar-refractivity contribution >= 4 is 17.8 Å². The minimum Gasteiger partial charge on any atom is -0.381 e. The number of hydrogen-bond donors (Lipinski definition) is 2. The van der Waals surface area contributed by atoms with Crippen LogP contribution in [-0.4, -0.2) is 42.8 Å². The first-order chi connectivity index (χ1) is 8.22. The van der Waals surface area contributed by atoms with Gasteiger partial charge >= 0.3 is 6.03 Å². The number of ether oxygens (including phenoxy) is 1. The zero-order valence-corrected chi connectivity index (χ0v) is 11.1. The summed E-state index contributed by atoms with van der Waals surface area (Å²) in [6.45, 7) is 4.63. The molecule has 1 fully saturated rings. The summed E-state index contributed by atoms with van der Waals surface area (Å²) in [4.78, 5) is 11.4. The smallest absolute Gasteiger partial charge is 0.315 e. The van der Waals surface area contributed by atoms with Gasteiger partial charge in [-0.2, -0.15) is 11.8 Å². The van der Waals surface area contributed by atoms with Gasteiger partial charge in [-0.25, -0.2) is 4.79 Å². The van der Waals surface area contributed by atoms with E-state index in [4.69, 9.17) is 11.2 Å². The molecule has 0 atom stereocenters. The Labute approximate surface area is 107 Å². The predicted molar refractivity (Wildman–Crippen MR) is 71.2 cm³/mol. The van der Waals surface area contributed by atoms with Gasteiger partial charge in [-0.1, -0.05) is 12.8 Å². The van der Waals surface area contributed by atoms with Crippen LogP contribution in [0.4, 0.5) is 4.79 Å². The topological polar surface area (TPSA) is 50.4 Å². The largest absolute Gasteiger partial charge is 0.381 e. The van der Waals surface area contributed by atoms with E-state index >= 15 is 0 Å². The number of terminal acetylenes is 1. The number of hydrogen-bond acceptors (Lipinski definition) is 3. The van der Waals surface area contributed by atoms with E-state index in [1.165, 1.54) is 0 Å². The van der Waals surface area contributed by atoms with E-state index in [1.54, 1.807) is 0 Å². The lowest BCUT2D eigenvalue weighted by molar-refractivity contribution is 0.0776. The minimum absolute atomic E-state index is 0.125. The van der Waals surface area contributed by atoms with Crippen LogP contribution in [0.15, 0.2) is 0 Å². The summed E-state index contributed by atoms with van der Waals surface area (Å²) in [7, 11) is 0. The zero-order chi connectivity index (χ0) is 12.6. The number of nitrogens with one attached hydrogen (secondary N) is 2. The summed E-state index contributed by atoms with van der Waals surface area (Å²) in [6, 6.07) is -0.189. The lowest BCUT2D eigenvalue weighted by Crippen LogP contribution is -2.47. The quantitative estimate of drug-likeness (QED) is 0.727. The van der Waals surface area contributed by atoms with Crippen molar-refractivity contribution in [1.29, 1.82) is 0 Å². The van der Waals surface area contributed by atoms with E-state index < -0.39 is 0 Å². The number of thioether (sulfide) groups is 1. The summed E-state index contributed by atoms with van der Waals surface area (Å²) in [5.41, 5.74) is 0. The Balaban J connectivity index is 2.38. The fraction of sp³-hybridized carbons (Fsp3) is 0.750. The average Bonchev–Trinajstić information content (AvgIpc) is 2.35. The first-order valence-corrected chi connectivity index (χ1v) is 6.88. The van der Waals surface area contributed by atoms with Gasteiger partial charge in [-0.3, -0.25) is 0 Å². The Bertz CT molecular complexity index is 277. The molecule has 1 rings (SSSR count). The van der Waals surface area contributed by atoms with E-state index in [0.29, 0.717) is 6.54 Å². The molecule has 0 aromatic heterocycles. The van der Waals surface area contributed by atoms with E-state index in [-0.39, 0.29) is 17.3 Å². The second kappa shape index (κ2) is 7.46. The van der Waals surface area contributed by atoms with Crippen molar-refractivity contribution in [2.24, 2.45) is 0 Å². The molecule has 0 aromatic rings. The highest BCUT2D eigenvalue weighted by molar-refractivity contribution is 8.00. The predicted octanol–water partition coefficient (Wildman–Crippen LogP) is 1.22. The first-order valence-electron chi connectivity index (χ1n) is 5.89. The van der Waals surface area contributed by atoms with Crippen molar-refractivity contribution < 1.29 is 9.53 Å². The first kappa shape index (κ1) is 14.2. The standard InChI is InChI=1S/C12H20N2O2S/c1-3-7-13-11(15)14-10-12(17-4-2)5-8-16-9-6-12/h1H,4-10H2,2H3,(H2,13,14,15). The van der Waals surface area contributed by atoms with Gasteiger partial charge in [0.05, 0.1) is 6.54 Å². The fourth-order valence-corrected chi connectivity index (χ4v) is 3.10. The fourth-order valence-electron chi connectivity index (χ4n) is 1.86. The Morgan fingerprint density at radius 3 is 2.76 bits per heavy atom. The van der Waals surface area contributed by atoms with Crippen LogP contribution in [0.1, 0.15) is 19.8 Å². The van der Waals surface area contributed by atoms with Crippen LogP contribution in [0.5, 0.6) is 0 Å². The highest BCUT2D eigenvalue weighted by Crippen LogP contribution is 2.34. The molecular weight excluding hydrogens is 236 g/mol. The molecule has 0 bridgehead atoms. The number of amides is 2. The highest BCUT2D eigenvalue weighted by Gasteiger charge is 2.32. The van der Waals surface area contributed by atoms with Crippen LogP contribution in [0.25, 0.3) is 0 Å². The molecule has 2 amide bonds. The number of urea groups is 1. The third kappa shape index (κ3) is 4.88. The molecule has 0 radical (unpaired) electrons. The Morgan fingerprint density at radius 2 is 2.18 bits per heavy atom. The molecule has 5 heteroatoms.